The van der Waals surface area contributed by atoms with Gasteiger partial charge in [-0.1, -0.05) is 24.0 Å². The van der Waals surface area contributed by atoms with E-state index in [1.807, 2.05) is 36.4 Å². The van der Waals surface area contributed by atoms with Crippen molar-refractivity contribution in [3.05, 3.63) is 48.5 Å². The van der Waals surface area contributed by atoms with Crippen LogP contribution >= 0.6 is 0 Å². The minimum Gasteiger partial charge on any atom is -0.490 e. The van der Waals surface area contributed by atoms with Crippen LogP contribution < -0.4 is 18.9 Å². The molecule has 0 N–H and O–H groups in total. The van der Waals surface area contributed by atoms with Gasteiger partial charge in [-0.15, -0.1) is 12.8 Å². The lowest BCUT2D eigenvalue weighted by molar-refractivity contribution is 0.216. The third-order valence-electron chi connectivity index (χ3n) is 2.88. The Morgan fingerprint density at radius 1 is 0.625 bits per heavy atom. The van der Waals surface area contributed by atoms with Crippen LogP contribution in [0, 0.1) is 24.7 Å². The zero-order valence-electron chi connectivity index (χ0n) is 13.2. The number of ether oxygens (including phenoxy) is 4. The van der Waals surface area contributed by atoms with Crippen molar-refractivity contribution >= 4 is 0 Å². The van der Waals surface area contributed by atoms with Crippen LogP contribution in [0.4, 0.5) is 0 Å². The predicted molar refractivity (Wildman–Crippen MR) is 92.5 cm³/mol. The molecule has 0 bridgehead atoms. The summed E-state index contributed by atoms with van der Waals surface area (Å²) in [6.45, 7) is 1.25. The maximum absolute atomic E-state index is 5.63. The minimum absolute atomic E-state index is 0.227. The Bertz CT molecular complexity index is 661. The molecule has 0 saturated carbocycles. The first kappa shape index (κ1) is 17.1. The molecule has 0 saturated heterocycles. The van der Waals surface area contributed by atoms with E-state index in [1.165, 1.54) is 0 Å². The van der Waals surface area contributed by atoms with Crippen molar-refractivity contribution in [2.75, 3.05) is 26.4 Å². The molecule has 0 aromatic heterocycles. The van der Waals surface area contributed by atoms with Gasteiger partial charge in [0.2, 0.25) is 0 Å². The van der Waals surface area contributed by atoms with Crippen LogP contribution in [0.5, 0.6) is 23.0 Å². The second kappa shape index (κ2) is 9.71. The Morgan fingerprint density at radius 2 is 1.00 bits per heavy atom. The zero-order chi connectivity index (χ0) is 17.0. The number of hydrogen-bond acceptors (Lipinski definition) is 4. The quantitative estimate of drug-likeness (QED) is 0.525. The first-order chi connectivity index (χ1) is 11.8. The number of hydrogen-bond donors (Lipinski definition) is 0. The van der Waals surface area contributed by atoms with Gasteiger partial charge in [-0.2, -0.15) is 0 Å². The first-order valence-corrected chi connectivity index (χ1v) is 7.40. The van der Waals surface area contributed by atoms with Gasteiger partial charge in [0.25, 0.3) is 0 Å². The van der Waals surface area contributed by atoms with Crippen molar-refractivity contribution in [1.82, 2.24) is 0 Å². The predicted octanol–water partition coefficient (Wildman–Crippen LogP) is 3.17. The summed E-state index contributed by atoms with van der Waals surface area (Å²) in [5.74, 6) is 7.57. The van der Waals surface area contributed by atoms with Gasteiger partial charge in [-0.3, -0.25) is 0 Å². The molecule has 0 spiro atoms. The molecule has 0 radical (unpaired) electrons. The Balaban J connectivity index is 1.77. The lowest BCUT2D eigenvalue weighted by atomic mass is 10.3. The Kier molecular flexibility index (Phi) is 6.93. The number of terminal acetylenes is 2. The molecule has 0 fully saturated rings. The summed E-state index contributed by atoms with van der Waals surface area (Å²) in [4.78, 5) is 0. The van der Waals surface area contributed by atoms with Gasteiger partial charge in [0.1, 0.15) is 49.4 Å². The fourth-order valence-electron chi connectivity index (χ4n) is 1.88. The molecule has 0 unspecified atom stereocenters. The molecule has 2 rings (SSSR count). The first-order valence-electron chi connectivity index (χ1n) is 7.40. The van der Waals surface area contributed by atoms with Crippen LogP contribution in [0.2, 0.25) is 0 Å². The highest BCUT2D eigenvalue weighted by molar-refractivity contribution is 5.34. The van der Waals surface area contributed by atoms with Crippen LogP contribution in [0.15, 0.2) is 48.5 Å². The largest absolute Gasteiger partial charge is 0.490 e. The summed E-state index contributed by atoms with van der Waals surface area (Å²) in [5.41, 5.74) is 0. The summed E-state index contributed by atoms with van der Waals surface area (Å²) in [7, 11) is 0. The standard InChI is InChI=1S/C20H18O4/c1-3-11-21-17-7-5-9-19(15-17)23-13-14-24-20-10-6-8-18(16-20)22-12-4-2/h1-2,5-10,15-16H,11-14H2. The molecular weight excluding hydrogens is 304 g/mol. The maximum atomic E-state index is 5.63. The molecule has 0 amide bonds. The second-order valence-electron chi connectivity index (χ2n) is 4.63. The van der Waals surface area contributed by atoms with E-state index in [0.717, 1.165) is 0 Å². The van der Waals surface area contributed by atoms with E-state index >= 15 is 0 Å². The number of rotatable bonds is 9. The van der Waals surface area contributed by atoms with E-state index in [2.05, 4.69) is 11.8 Å². The summed E-state index contributed by atoms with van der Waals surface area (Å²) in [6, 6.07) is 14.6. The normalized spacial score (nSPS) is 9.42. The maximum Gasteiger partial charge on any atom is 0.148 e. The van der Waals surface area contributed by atoms with E-state index in [1.54, 1.807) is 12.1 Å². The second-order valence-corrected chi connectivity index (χ2v) is 4.63. The molecule has 0 heterocycles. The molecule has 0 atom stereocenters. The fraction of sp³-hybridized carbons (Fsp3) is 0.200. The molecule has 2 aromatic carbocycles. The fourth-order valence-corrected chi connectivity index (χ4v) is 1.88. The van der Waals surface area contributed by atoms with Crippen molar-refractivity contribution in [1.29, 1.82) is 0 Å². The van der Waals surface area contributed by atoms with Crippen LogP contribution in [-0.2, 0) is 0 Å². The molecule has 0 aliphatic heterocycles. The van der Waals surface area contributed by atoms with Gasteiger partial charge < -0.3 is 18.9 Å². The van der Waals surface area contributed by atoms with Gasteiger partial charge in [0.05, 0.1) is 0 Å². The lowest BCUT2D eigenvalue weighted by Crippen LogP contribution is -2.09. The molecule has 4 heteroatoms. The average Bonchev–Trinajstić information content (AvgIpc) is 2.62. The van der Waals surface area contributed by atoms with E-state index in [-0.39, 0.29) is 13.2 Å². The third kappa shape index (κ3) is 5.87. The SMILES string of the molecule is C#CCOc1cccc(OCCOc2cccc(OCC#C)c2)c1. The van der Waals surface area contributed by atoms with E-state index in [9.17, 15) is 0 Å². The monoisotopic (exact) mass is 322 g/mol. The van der Waals surface area contributed by atoms with Crippen molar-refractivity contribution < 1.29 is 18.9 Å². The zero-order valence-corrected chi connectivity index (χ0v) is 13.2. The van der Waals surface area contributed by atoms with E-state index in [4.69, 9.17) is 31.8 Å². The molecule has 2 aromatic rings. The molecular formula is C20H18O4. The lowest BCUT2D eigenvalue weighted by Gasteiger charge is -2.10. The third-order valence-corrected chi connectivity index (χ3v) is 2.88. The number of benzene rings is 2. The molecule has 122 valence electrons. The molecule has 0 aliphatic rings. The van der Waals surface area contributed by atoms with Crippen molar-refractivity contribution in [2.24, 2.45) is 0 Å². The molecule has 24 heavy (non-hydrogen) atoms. The molecule has 0 aliphatic carbocycles. The molecule has 4 nitrogen and oxygen atoms in total. The highest BCUT2D eigenvalue weighted by Crippen LogP contribution is 2.20. The Labute approximate surface area is 142 Å². The van der Waals surface area contributed by atoms with E-state index < -0.39 is 0 Å². The summed E-state index contributed by atoms with van der Waals surface area (Å²) in [6.07, 6.45) is 10.3. The summed E-state index contributed by atoms with van der Waals surface area (Å²) < 4.78 is 21.9. The van der Waals surface area contributed by atoms with Crippen molar-refractivity contribution in [3.63, 3.8) is 0 Å². The highest BCUT2D eigenvalue weighted by Gasteiger charge is 2.00. The minimum atomic E-state index is 0.227. The summed E-state index contributed by atoms with van der Waals surface area (Å²) in [5, 5.41) is 0. The van der Waals surface area contributed by atoms with Crippen molar-refractivity contribution in [3.8, 4) is 47.7 Å². The Morgan fingerprint density at radius 3 is 1.38 bits per heavy atom. The van der Waals surface area contributed by atoms with Gasteiger partial charge in [0.15, 0.2) is 0 Å². The highest BCUT2D eigenvalue weighted by atomic mass is 16.5. The van der Waals surface area contributed by atoms with Gasteiger partial charge in [-0.25, -0.2) is 0 Å². The van der Waals surface area contributed by atoms with Crippen LogP contribution in [0.1, 0.15) is 0 Å². The van der Waals surface area contributed by atoms with Crippen LogP contribution in [0.3, 0.4) is 0 Å². The van der Waals surface area contributed by atoms with Crippen LogP contribution in [0.25, 0.3) is 0 Å². The van der Waals surface area contributed by atoms with Gasteiger partial charge in [0, 0.05) is 12.1 Å². The Hall–Kier alpha value is -3.24. The van der Waals surface area contributed by atoms with Crippen LogP contribution in [-0.4, -0.2) is 26.4 Å². The van der Waals surface area contributed by atoms with Crippen molar-refractivity contribution in [2.45, 2.75) is 0 Å². The van der Waals surface area contributed by atoms with E-state index in [0.29, 0.717) is 36.2 Å². The van der Waals surface area contributed by atoms with Gasteiger partial charge in [-0.05, 0) is 24.3 Å². The smallest absolute Gasteiger partial charge is 0.148 e. The summed E-state index contributed by atoms with van der Waals surface area (Å²) >= 11 is 0. The van der Waals surface area contributed by atoms with Gasteiger partial charge >= 0.3 is 0 Å². The average molecular weight is 322 g/mol. The topological polar surface area (TPSA) is 36.9 Å².